The lowest BCUT2D eigenvalue weighted by atomic mass is 9.87. The third-order valence-electron chi connectivity index (χ3n) is 5.30. The predicted molar refractivity (Wildman–Crippen MR) is 94.8 cm³/mol. The van der Waals surface area contributed by atoms with Crippen LogP contribution in [0.3, 0.4) is 0 Å². The highest BCUT2D eigenvalue weighted by Crippen LogP contribution is 2.42. The molecular formula is C17H31N3OS. The summed E-state index contributed by atoms with van der Waals surface area (Å²) in [6, 6.07) is 0. The molecule has 0 amide bonds. The van der Waals surface area contributed by atoms with E-state index in [1.807, 2.05) is 7.05 Å². The van der Waals surface area contributed by atoms with E-state index >= 15 is 0 Å². The number of ether oxygens (including phenoxy) is 1. The van der Waals surface area contributed by atoms with Gasteiger partial charge in [0.1, 0.15) is 0 Å². The number of hydrogen-bond donors (Lipinski definition) is 1. The Bertz CT molecular complexity index is 371. The van der Waals surface area contributed by atoms with Gasteiger partial charge in [0.25, 0.3) is 0 Å². The monoisotopic (exact) mass is 325 g/mol. The molecule has 0 aromatic rings. The number of guanidine groups is 1. The SMILES string of the molecule is CN=C(NCCC1CCCO1)N1CCSC2(CCCCC2)C1. The molecular weight excluding hydrogens is 294 g/mol. The Kier molecular flexibility index (Phi) is 5.91. The zero-order chi connectivity index (χ0) is 15.3. The van der Waals surface area contributed by atoms with Gasteiger partial charge in [0.05, 0.1) is 6.10 Å². The number of nitrogens with zero attached hydrogens (tertiary/aromatic N) is 2. The van der Waals surface area contributed by atoms with Gasteiger partial charge in [-0.15, -0.1) is 0 Å². The van der Waals surface area contributed by atoms with Crippen LogP contribution in [0.25, 0.3) is 0 Å². The van der Waals surface area contributed by atoms with Crippen LogP contribution in [0.2, 0.25) is 0 Å². The molecule has 0 aromatic carbocycles. The second-order valence-corrected chi connectivity index (χ2v) is 8.47. The molecule has 5 heteroatoms. The first-order valence-electron chi connectivity index (χ1n) is 9.02. The zero-order valence-corrected chi connectivity index (χ0v) is 14.8. The molecule has 1 unspecified atom stereocenters. The first kappa shape index (κ1) is 16.4. The van der Waals surface area contributed by atoms with E-state index in [2.05, 4.69) is 27.0 Å². The molecule has 1 atom stereocenters. The Balaban J connectivity index is 1.49. The van der Waals surface area contributed by atoms with Crippen LogP contribution < -0.4 is 5.32 Å². The predicted octanol–water partition coefficient (Wildman–Crippen LogP) is 2.88. The average molecular weight is 326 g/mol. The largest absolute Gasteiger partial charge is 0.378 e. The van der Waals surface area contributed by atoms with Gasteiger partial charge in [-0.1, -0.05) is 19.3 Å². The van der Waals surface area contributed by atoms with E-state index in [4.69, 9.17) is 4.74 Å². The van der Waals surface area contributed by atoms with Crippen molar-refractivity contribution in [2.75, 3.05) is 39.0 Å². The van der Waals surface area contributed by atoms with Crippen LogP contribution in [0.4, 0.5) is 0 Å². The van der Waals surface area contributed by atoms with Crippen molar-refractivity contribution < 1.29 is 4.74 Å². The minimum atomic E-state index is 0.465. The van der Waals surface area contributed by atoms with Crippen LogP contribution in [0, 0.1) is 0 Å². The van der Waals surface area contributed by atoms with Crippen LogP contribution in [0.15, 0.2) is 4.99 Å². The van der Waals surface area contributed by atoms with Crippen LogP contribution in [-0.4, -0.2) is 60.8 Å². The van der Waals surface area contributed by atoms with Crippen molar-refractivity contribution >= 4 is 17.7 Å². The van der Waals surface area contributed by atoms with Gasteiger partial charge in [-0.3, -0.25) is 4.99 Å². The molecule has 1 aliphatic carbocycles. The molecule has 1 saturated carbocycles. The fourth-order valence-corrected chi connectivity index (χ4v) is 5.64. The summed E-state index contributed by atoms with van der Waals surface area (Å²) in [6.07, 6.45) is 11.0. The summed E-state index contributed by atoms with van der Waals surface area (Å²) in [5.41, 5.74) is 0. The minimum absolute atomic E-state index is 0.465. The van der Waals surface area contributed by atoms with Gasteiger partial charge in [0, 0.05) is 43.8 Å². The van der Waals surface area contributed by atoms with Crippen LogP contribution in [0.1, 0.15) is 51.4 Å². The maximum Gasteiger partial charge on any atom is 0.193 e. The number of aliphatic imine (C=N–C) groups is 1. The standard InChI is InChI=1S/C17H31N3OS/c1-18-16(19-10-7-15-6-5-12-21-15)20-11-13-22-17(14-20)8-3-2-4-9-17/h15H,2-14H2,1H3,(H,18,19). The summed E-state index contributed by atoms with van der Waals surface area (Å²) in [5, 5.41) is 3.57. The maximum absolute atomic E-state index is 5.71. The van der Waals surface area contributed by atoms with Crippen molar-refractivity contribution in [2.24, 2.45) is 4.99 Å². The van der Waals surface area contributed by atoms with Crippen molar-refractivity contribution in [3.63, 3.8) is 0 Å². The van der Waals surface area contributed by atoms with Crippen molar-refractivity contribution in [3.05, 3.63) is 0 Å². The molecule has 126 valence electrons. The quantitative estimate of drug-likeness (QED) is 0.639. The summed E-state index contributed by atoms with van der Waals surface area (Å²) in [4.78, 5) is 7.03. The van der Waals surface area contributed by atoms with Crippen molar-refractivity contribution in [1.29, 1.82) is 0 Å². The van der Waals surface area contributed by atoms with Crippen molar-refractivity contribution in [1.82, 2.24) is 10.2 Å². The van der Waals surface area contributed by atoms with E-state index in [0.717, 1.165) is 32.1 Å². The molecule has 3 rings (SSSR count). The normalized spacial score (nSPS) is 29.0. The fourth-order valence-electron chi connectivity index (χ4n) is 4.07. The van der Waals surface area contributed by atoms with Crippen LogP contribution in [0.5, 0.6) is 0 Å². The van der Waals surface area contributed by atoms with Crippen molar-refractivity contribution in [3.8, 4) is 0 Å². The number of hydrogen-bond acceptors (Lipinski definition) is 3. The summed E-state index contributed by atoms with van der Waals surface area (Å²) in [7, 11) is 1.92. The lowest BCUT2D eigenvalue weighted by molar-refractivity contribution is 0.105. The van der Waals surface area contributed by atoms with Gasteiger partial charge in [0.2, 0.25) is 0 Å². The van der Waals surface area contributed by atoms with E-state index in [-0.39, 0.29) is 0 Å². The topological polar surface area (TPSA) is 36.9 Å². The van der Waals surface area contributed by atoms with Gasteiger partial charge in [-0.25, -0.2) is 0 Å². The lowest BCUT2D eigenvalue weighted by Crippen LogP contribution is -2.53. The Hall–Kier alpha value is -0.420. The average Bonchev–Trinajstić information content (AvgIpc) is 3.06. The molecule has 3 aliphatic rings. The second kappa shape index (κ2) is 7.91. The second-order valence-electron chi connectivity index (χ2n) is 6.91. The van der Waals surface area contributed by atoms with E-state index < -0.39 is 0 Å². The minimum Gasteiger partial charge on any atom is -0.378 e. The third-order valence-corrected chi connectivity index (χ3v) is 6.83. The Morgan fingerprint density at radius 1 is 1.32 bits per heavy atom. The molecule has 0 bridgehead atoms. The van der Waals surface area contributed by atoms with Gasteiger partial charge in [0.15, 0.2) is 5.96 Å². The Labute approximate surface area is 139 Å². The molecule has 2 saturated heterocycles. The summed E-state index contributed by atoms with van der Waals surface area (Å²) in [6.45, 7) is 4.24. The molecule has 22 heavy (non-hydrogen) atoms. The van der Waals surface area contributed by atoms with Gasteiger partial charge in [-0.2, -0.15) is 11.8 Å². The molecule has 2 aliphatic heterocycles. The molecule has 1 N–H and O–H groups in total. The van der Waals surface area contributed by atoms with Crippen molar-refractivity contribution in [2.45, 2.75) is 62.2 Å². The third kappa shape index (κ3) is 4.10. The van der Waals surface area contributed by atoms with E-state index in [0.29, 0.717) is 10.9 Å². The molecule has 1 spiro atoms. The maximum atomic E-state index is 5.71. The van der Waals surface area contributed by atoms with Gasteiger partial charge >= 0.3 is 0 Å². The Morgan fingerprint density at radius 2 is 2.18 bits per heavy atom. The van der Waals surface area contributed by atoms with E-state index in [1.165, 1.54) is 57.2 Å². The molecule has 2 heterocycles. The Morgan fingerprint density at radius 3 is 2.91 bits per heavy atom. The number of thioether (sulfide) groups is 1. The highest BCUT2D eigenvalue weighted by Gasteiger charge is 2.38. The molecule has 0 aromatic heterocycles. The summed E-state index contributed by atoms with van der Waals surface area (Å²) < 4.78 is 6.21. The molecule has 0 radical (unpaired) electrons. The lowest BCUT2D eigenvalue weighted by Gasteiger charge is -2.45. The van der Waals surface area contributed by atoms with Crippen LogP contribution in [-0.2, 0) is 4.74 Å². The first-order chi connectivity index (χ1) is 10.8. The van der Waals surface area contributed by atoms with Crippen LogP contribution >= 0.6 is 11.8 Å². The highest BCUT2D eigenvalue weighted by atomic mass is 32.2. The van der Waals surface area contributed by atoms with E-state index in [1.54, 1.807) is 0 Å². The number of rotatable bonds is 3. The fraction of sp³-hybridized carbons (Fsp3) is 0.941. The summed E-state index contributed by atoms with van der Waals surface area (Å²) >= 11 is 2.22. The highest BCUT2D eigenvalue weighted by molar-refractivity contribution is 8.00. The molecule has 3 fully saturated rings. The van der Waals surface area contributed by atoms with E-state index in [9.17, 15) is 0 Å². The van der Waals surface area contributed by atoms with Gasteiger partial charge in [-0.05, 0) is 32.1 Å². The smallest absolute Gasteiger partial charge is 0.193 e. The summed E-state index contributed by atoms with van der Waals surface area (Å²) in [5.74, 6) is 2.34. The van der Waals surface area contributed by atoms with Gasteiger partial charge < -0.3 is 15.0 Å². The molecule has 4 nitrogen and oxygen atoms in total. The first-order valence-corrected chi connectivity index (χ1v) is 10.0. The zero-order valence-electron chi connectivity index (χ0n) is 14.0. The number of nitrogens with one attached hydrogen (secondary N) is 1.